The fourth-order valence-electron chi connectivity index (χ4n) is 2.26. The van der Waals surface area contributed by atoms with Crippen LogP contribution in [0.1, 0.15) is 11.1 Å². The minimum absolute atomic E-state index is 0.0687. The maximum absolute atomic E-state index is 13.9. The number of benzene rings is 2. The molecule has 1 atom stereocenters. The largest absolute Gasteiger partial charge is 0.316 e. The van der Waals surface area contributed by atoms with Gasteiger partial charge in [-0.15, -0.1) is 0 Å². The van der Waals surface area contributed by atoms with E-state index in [1.807, 2.05) is 0 Å². The third kappa shape index (κ3) is 4.22. The lowest BCUT2D eigenvalue weighted by molar-refractivity contribution is 0.526. The molecule has 0 aromatic heterocycles. The smallest absolute Gasteiger partial charge is 0.145 e. The van der Waals surface area contributed by atoms with Crippen molar-refractivity contribution in [3.8, 4) is 0 Å². The molecule has 0 spiro atoms. The number of hydrogen-bond donors (Lipinski definition) is 1. The van der Waals surface area contributed by atoms with E-state index >= 15 is 0 Å². The Morgan fingerprint density at radius 2 is 1.71 bits per heavy atom. The first kappa shape index (κ1) is 15.9. The van der Waals surface area contributed by atoms with Crippen molar-refractivity contribution in [2.75, 3.05) is 7.05 Å². The molecule has 0 heterocycles. The molecule has 0 bridgehead atoms. The first-order valence-corrected chi connectivity index (χ1v) is 6.92. The van der Waals surface area contributed by atoms with Crippen LogP contribution in [0.4, 0.5) is 13.2 Å². The quantitative estimate of drug-likeness (QED) is 0.875. The zero-order valence-corrected chi connectivity index (χ0v) is 12.2. The van der Waals surface area contributed by atoms with E-state index in [2.05, 4.69) is 5.32 Å². The van der Waals surface area contributed by atoms with Crippen molar-refractivity contribution < 1.29 is 13.2 Å². The summed E-state index contributed by atoms with van der Waals surface area (Å²) in [7, 11) is 1.72. The Balaban J connectivity index is 2.15. The fourth-order valence-corrected chi connectivity index (χ4v) is 2.46. The molecule has 2 aromatic carbocycles. The summed E-state index contributed by atoms with van der Waals surface area (Å²) in [5, 5.41) is 3.10. The van der Waals surface area contributed by atoms with Crippen LogP contribution >= 0.6 is 11.6 Å². The molecular formula is C16H15ClF3N. The minimum Gasteiger partial charge on any atom is -0.316 e. The molecule has 0 aliphatic carbocycles. The van der Waals surface area contributed by atoms with Crippen LogP contribution in [0, 0.1) is 17.5 Å². The van der Waals surface area contributed by atoms with Crippen molar-refractivity contribution in [3.05, 3.63) is 70.0 Å². The van der Waals surface area contributed by atoms with Gasteiger partial charge in [-0.3, -0.25) is 0 Å². The summed E-state index contributed by atoms with van der Waals surface area (Å²) in [6, 6.07) is 8.04. The number of halogens is 4. The summed E-state index contributed by atoms with van der Waals surface area (Å²) in [4.78, 5) is 0. The van der Waals surface area contributed by atoms with Crippen molar-refractivity contribution in [2.24, 2.45) is 0 Å². The molecule has 5 heteroatoms. The summed E-state index contributed by atoms with van der Waals surface area (Å²) >= 11 is 5.75. The van der Waals surface area contributed by atoms with E-state index in [9.17, 15) is 13.2 Å². The van der Waals surface area contributed by atoms with Gasteiger partial charge in [0.2, 0.25) is 0 Å². The molecule has 1 nitrogen and oxygen atoms in total. The van der Waals surface area contributed by atoms with Gasteiger partial charge < -0.3 is 5.32 Å². The third-order valence-corrected chi connectivity index (χ3v) is 3.60. The molecule has 2 aromatic rings. The van der Waals surface area contributed by atoms with Crippen LogP contribution < -0.4 is 5.32 Å². The topological polar surface area (TPSA) is 12.0 Å². The standard InChI is InChI=1S/C16H15ClF3N/c1-21-14(7-10-5-12(18)9-13(19)6-10)8-11-3-2-4-15(17)16(11)20/h2-6,9,14,21H,7-8H2,1H3. The average molecular weight is 314 g/mol. The van der Waals surface area contributed by atoms with Crippen LogP contribution in [0.3, 0.4) is 0 Å². The Hall–Kier alpha value is -1.52. The Morgan fingerprint density at radius 1 is 1.05 bits per heavy atom. The molecule has 0 aliphatic heterocycles. The zero-order chi connectivity index (χ0) is 15.4. The first-order valence-electron chi connectivity index (χ1n) is 6.54. The second-order valence-corrected chi connectivity index (χ2v) is 5.29. The Bertz CT molecular complexity index is 611. The van der Waals surface area contributed by atoms with Crippen molar-refractivity contribution in [1.82, 2.24) is 5.32 Å². The van der Waals surface area contributed by atoms with Crippen LogP contribution in [-0.4, -0.2) is 13.1 Å². The van der Waals surface area contributed by atoms with Gasteiger partial charge >= 0.3 is 0 Å². The zero-order valence-electron chi connectivity index (χ0n) is 11.5. The summed E-state index contributed by atoms with van der Waals surface area (Å²) in [6.45, 7) is 0. The molecule has 1 N–H and O–H groups in total. The summed E-state index contributed by atoms with van der Waals surface area (Å²) in [5.41, 5.74) is 0.994. The van der Waals surface area contributed by atoms with Crippen LogP contribution in [0.2, 0.25) is 5.02 Å². The number of rotatable bonds is 5. The van der Waals surface area contributed by atoms with Gasteiger partial charge in [0.15, 0.2) is 0 Å². The summed E-state index contributed by atoms with van der Waals surface area (Å²) < 4.78 is 40.3. The molecular weight excluding hydrogens is 299 g/mol. The average Bonchev–Trinajstić information content (AvgIpc) is 2.42. The van der Waals surface area contributed by atoms with E-state index in [0.29, 0.717) is 24.0 Å². The monoisotopic (exact) mass is 313 g/mol. The predicted molar refractivity (Wildman–Crippen MR) is 78.0 cm³/mol. The summed E-state index contributed by atoms with van der Waals surface area (Å²) in [5.74, 6) is -1.69. The van der Waals surface area contributed by atoms with Gasteiger partial charge in [-0.2, -0.15) is 0 Å². The van der Waals surface area contributed by atoms with Gasteiger partial charge in [-0.25, -0.2) is 13.2 Å². The Kier molecular flexibility index (Phi) is 5.26. The first-order chi connectivity index (χ1) is 9.99. The molecule has 0 saturated carbocycles. The second-order valence-electron chi connectivity index (χ2n) is 4.88. The number of likely N-dealkylation sites (N-methyl/N-ethyl adjacent to an activating group) is 1. The molecule has 112 valence electrons. The van der Waals surface area contributed by atoms with Crippen molar-refractivity contribution >= 4 is 11.6 Å². The number of nitrogens with one attached hydrogen (secondary N) is 1. The molecule has 2 rings (SSSR count). The van der Waals surface area contributed by atoms with E-state index in [0.717, 1.165) is 6.07 Å². The SMILES string of the molecule is CNC(Cc1cc(F)cc(F)c1)Cc1cccc(Cl)c1F. The lowest BCUT2D eigenvalue weighted by Crippen LogP contribution is -2.30. The van der Waals surface area contributed by atoms with Gasteiger partial charge in [0, 0.05) is 12.1 Å². The maximum Gasteiger partial charge on any atom is 0.145 e. The fraction of sp³-hybridized carbons (Fsp3) is 0.250. The molecule has 0 fully saturated rings. The van der Waals surface area contributed by atoms with Gasteiger partial charge in [-0.05, 0) is 49.2 Å². The normalized spacial score (nSPS) is 12.4. The molecule has 21 heavy (non-hydrogen) atoms. The predicted octanol–water partition coefficient (Wildman–Crippen LogP) is 4.13. The van der Waals surface area contributed by atoms with Crippen molar-refractivity contribution in [1.29, 1.82) is 0 Å². The van der Waals surface area contributed by atoms with Gasteiger partial charge in [-0.1, -0.05) is 23.7 Å². The highest BCUT2D eigenvalue weighted by atomic mass is 35.5. The van der Waals surface area contributed by atoms with Gasteiger partial charge in [0.25, 0.3) is 0 Å². The highest BCUT2D eigenvalue weighted by molar-refractivity contribution is 6.30. The van der Waals surface area contributed by atoms with Crippen molar-refractivity contribution in [2.45, 2.75) is 18.9 Å². The Labute approximate surface area is 126 Å². The highest BCUT2D eigenvalue weighted by Gasteiger charge is 2.14. The van der Waals surface area contributed by atoms with E-state index in [4.69, 9.17) is 11.6 Å². The maximum atomic E-state index is 13.9. The Morgan fingerprint density at radius 3 is 2.33 bits per heavy atom. The lowest BCUT2D eigenvalue weighted by atomic mass is 9.98. The van der Waals surface area contributed by atoms with Crippen LogP contribution in [0.5, 0.6) is 0 Å². The molecule has 0 saturated heterocycles. The molecule has 0 amide bonds. The van der Waals surface area contributed by atoms with E-state index in [1.165, 1.54) is 18.2 Å². The second kappa shape index (κ2) is 6.96. The summed E-state index contributed by atoms with van der Waals surface area (Å²) in [6.07, 6.45) is 0.762. The van der Waals surface area contributed by atoms with Crippen LogP contribution in [-0.2, 0) is 12.8 Å². The van der Waals surface area contributed by atoms with Gasteiger partial charge in [0.05, 0.1) is 5.02 Å². The number of hydrogen-bond acceptors (Lipinski definition) is 1. The van der Waals surface area contributed by atoms with E-state index in [1.54, 1.807) is 19.2 Å². The van der Waals surface area contributed by atoms with E-state index < -0.39 is 17.5 Å². The lowest BCUT2D eigenvalue weighted by Gasteiger charge is -2.17. The molecule has 0 aliphatic rings. The van der Waals surface area contributed by atoms with Crippen LogP contribution in [0.15, 0.2) is 36.4 Å². The molecule has 0 radical (unpaired) electrons. The third-order valence-electron chi connectivity index (χ3n) is 3.31. The highest BCUT2D eigenvalue weighted by Crippen LogP contribution is 2.20. The molecule has 1 unspecified atom stereocenters. The van der Waals surface area contributed by atoms with Gasteiger partial charge in [0.1, 0.15) is 17.5 Å². The van der Waals surface area contributed by atoms with Crippen LogP contribution in [0.25, 0.3) is 0 Å². The minimum atomic E-state index is -0.617. The van der Waals surface area contributed by atoms with Crippen molar-refractivity contribution in [3.63, 3.8) is 0 Å². The van der Waals surface area contributed by atoms with E-state index in [-0.39, 0.29) is 11.1 Å².